The van der Waals surface area contributed by atoms with Crippen molar-refractivity contribution in [2.75, 3.05) is 5.73 Å². The summed E-state index contributed by atoms with van der Waals surface area (Å²) in [6, 6.07) is 8.01. The minimum atomic E-state index is -0.375. The number of anilines is 1. The minimum absolute atomic E-state index is 0.375. The predicted molar refractivity (Wildman–Crippen MR) is 86.9 cm³/mol. The van der Waals surface area contributed by atoms with Crippen molar-refractivity contribution in [1.82, 2.24) is 9.97 Å². The maximum Gasteiger partial charge on any atom is 0.125 e. The Morgan fingerprint density at radius 2 is 2.05 bits per heavy atom. The molecule has 0 aliphatic rings. The predicted octanol–water partition coefficient (Wildman–Crippen LogP) is 3.63. The molecular formula is C17H12FN3S. The van der Waals surface area contributed by atoms with Gasteiger partial charge in [-0.2, -0.15) is 0 Å². The number of aryl methyl sites for hydroxylation is 1. The zero-order chi connectivity index (χ0) is 15.5. The van der Waals surface area contributed by atoms with Gasteiger partial charge in [0.2, 0.25) is 0 Å². The monoisotopic (exact) mass is 309 g/mol. The molecule has 22 heavy (non-hydrogen) atoms. The number of hydrogen-bond acceptors (Lipinski definition) is 4. The first-order valence-electron chi connectivity index (χ1n) is 6.57. The summed E-state index contributed by atoms with van der Waals surface area (Å²) >= 11 is 1.57. The van der Waals surface area contributed by atoms with Crippen molar-refractivity contribution in [1.29, 1.82) is 0 Å². The summed E-state index contributed by atoms with van der Waals surface area (Å²) in [6.07, 6.45) is 1.66. The third-order valence-electron chi connectivity index (χ3n) is 2.93. The Morgan fingerprint density at radius 1 is 1.18 bits per heavy atom. The maximum atomic E-state index is 13.4. The quantitative estimate of drug-likeness (QED) is 0.551. The van der Waals surface area contributed by atoms with Gasteiger partial charge in [-0.1, -0.05) is 5.92 Å². The van der Waals surface area contributed by atoms with Gasteiger partial charge in [0.15, 0.2) is 0 Å². The molecule has 0 atom stereocenters. The van der Waals surface area contributed by atoms with Gasteiger partial charge in [0.25, 0.3) is 0 Å². The molecule has 3 rings (SSSR count). The number of nitrogen functional groups attached to an aromatic ring is 1. The summed E-state index contributed by atoms with van der Waals surface area (Å²) in [4.78, 5) is 8.59. The highest BCUT2D eigenvalue weighted by atomic mass is 32.1. The molecule has 0 saturated carbocycles. The van der Waals surface area contributed by atoms with Gasteiger partial charge in [-0.3, -0.25) is 4.98 Å². The zero-order valence-electron chi connectivity index (χ0n) is 11.8. The summed E-state index contributed by atoms with van der Waals surface area (Å²) < 4.78 is 13.4. The molecule has 5 heteroatoms. The third kappa shape index (κ3) is 3.30. The average Bonchev–Trinajstić information content (AvgIpc) is 2.90. The van der Waals surface area contributed by atoms with Crippen molar-refractivity contribution in [3.8, 4) is 23.1 Å². The van der Waals surface area contributed by atoms with Crippen LogP contribution in [0.2, 0.25) is 0 Å². The van der Waals surface area contributed by atoms with E-state index in [-0.39, 0.29) is 5.82 Å². The zero-order valence-corrected chi connectivity index (χ0v) is 12.6. The van der Waals surface area contributed by atoms with Crippen molar-refractivity contribution in [2.45, 2.75) is 6.92 Å². The van der Waals surface area contributed by atoms with E-state index in [1.807, 2.05) is 18.4 Å². The summed E-state index contributed by atoms with van der Waals surface area (Å²) in [5.74, 6) is 5.62. The van der Waals surface area contributed by atoms with E-state index >= 15 is 0 Å². The molecule has 2 heterocycles. The summed E-state index contributed by atoms with van der Waals surface area (Å²) in [5.41, 5.74) is 8.85. The molecule has 3 aromatic rings. The second-order valence-electron chi connectivity index (χ2n) is 4.71. The Hall–Kier alpha value is -2.71. The molecule has 3 nitrogen and oxygen atoms in total. The first-order valence-corrected chi connectivity index (χ1v) is 7.45. The fraction of sp³-hybridized carbons (Fsp3) is 0.0588. The van der Waals surface area contributed by atoms with Crippen molar-refractivity contribution in [3.63, 3.8) is 0 Å². The fourth-order valence-electron chi connectivity index (χ4n) is 1.96. The number of nitrogens with zero attached hydrogens (tertiary/aromatic N) is 2. The van der Waals surface area contributed by atoms with E-state index in [9.17, 15) is 4.39 Å². The van der Waals surface area contributed by atoms with E-state index in [0.29, 0.717) is 16.9 Å². The number of benzene rings is 1. The topological polar surface area (TPSA) is 51.8 Å². The standard InChI is InChI=1S/C17H12FN3S/c1-11-21-16(10-22-11)4-2-12-3-5-17(20-9-12)13-6-14(18)8-15(19)7-13/h3,5-10H,19H2,1H3. The van der Waals surface area contributed by atoms with E-state index in [0.717, 1.165) is 16.3 Å². The molecule has 1 aromatic carbocycles. The molecule has 0 spiro atoms. The normalized spacial score (nSPS) is 10.1. The Bertz CT molecular complexity index is 853. The Kier molecular flexibility index (Phi) is 3.86. The number of rotatable bonds is 1. The van der Waals surface area contributed by atoms with Crippen molar-refractivity contribution in [3.05, 3.63) is 64.0 Å². The number of aromatic nitrogens is 2. The van der Waals surface area contributed by atoms with Crippen LogP contribution in [0.5, 0.6) is 0 Å². The highest BCUT2D eigenvalue weighted by molar-refractivity contribution is 7.09. The van der Waals surface area contributed by atoms with Gasteiger partial charge in [-0.15, -0.1) is 11.3 Å². The number of nitrogens with two attached hydrogens (primary N) is 1. The Morgan fingerprint density at radius 3 is 2.68 bits per heavy atom. The van der Waals surface area contributed by atoms with Gasteiger partial charge in [0.05, 0.1) is 10.7 Å². The fourth-order valence-corrected chi connectivity index (χ4v) is 2.50. The van der Waals surface area contributed by atoms with Crippen LogP contribution in [0.3, 0.4) is 0 Å². The van der Waals surface area contributed by atoms with Gasteiger partial charge in [-0.25, -0.2) is 9.37 Å². The van der Waals surface area contributed by atoms with Crippen LogP contribution in [0.1, 0.15) is 16.3 Å². The molecular weight excluding hydrogens is 297 g/mol. The van der Waals surface area contributed by atoms with Crippen LogP contribution >= 0.6 is 11.3 Å². The minimum Gasteiger partial charge on any atom is -0.399 e. The second kappa shape index (κ2) is 5.96. The van der Waals surface area contributed by atoms with Crippen LogP contribution in [0.15, 0.2) is 41.9 Å². The van der Waals surface area contributed by atoms with E-state index in [1.54, 1.807) is 29.7 Å². The van der Waals surface area contributed by atoms with Gasteiger partial charge < -0.3 is 5.73 Å². The molecule has 0 aliphatic heterocycles. The molecule has 0 aliphatic carbocycles. The van der Waals surface area contributed by atoms with Crippen LogP contribution in [0.4, 0.5) is 10.1 Å². The molecule has 0 saturated heterocycles. The highest BCUT2D eigenvalue weighted by Gasteiger charge is 2.03. The summed E-state index contributed by atoms with van der Waals surface area (Å²) in [7, 11) is 0. The lowest BCUT2D eigenvalue weighted by Crippen LogP contribution is -1.90. The SMILES string of the molecule is Cc1nc(C#Cc2ccc(-c3cc(N)cc(F)c3)nc2)cs1. The third-order valence-corrected chi connectivity index (χ3v) is 3.71. The van der Waals surface area contributed by atoms with Crippen molar-refractivity contribution in [2.24, 2.45) is 0 Å². The number of pyridine rings is 1. The lowest BCUT2D eigenvalue weighted by atomic mass is 10.1. The molecule has 0 unspecified atom stereocenters. The lowest BCUT2D eigenvalue weighted by Gasteiger charge is -2.02. The second-order valence-corrected chi connectivity index (χ2v) is 5.77. The highest BCUT2D eigenvalue weighted by Crippen LogP contribution is 2.21. The lowest BCUT2D eigenvalue weighted by molar-refractivity contribution is 0.629. The number of hydrogen-bond donors (Lipinski definition) is 1. The summed E-state index contributed by atoms with van der Waals surface area (Å²) in [6.45, 7) is 1.94. The van der Waals surface area contributed by atoms with Crippen molar-refractivity contribution < 1.29 is 4.39 Å². The molecule has 0 bridgehead atoms. The van der Waals surface area contributed by atoms with Crippen LogP contribution < -0.4 is 5.73 Å². The Balaban J connectivity index is 1.85. The Labute approximate surface area is 131 Å². The summed E-state index contributed by atoms with van der Waals surface area (Å²) in [5, 5.41) is 2.90. The number of halogens is 1. The molecule has 0 fully saturated rings. The van der Waals surface area contributed by atoms with E-state index in [4.69, 9.17) is 5.73 Å². The number of thiazole rings is 1. The largest absolute Gasteiger partial charge is 0.399 e. The molecule has 0 radical (unpaired) electrons. The van der Waals surface area contributed by atoms with Gasteiger partial charge in [-0.05, 0) is 43.2 Å². The van der Waals surface area contributed by atoms with E-state index < -0.39 is 0 Å². The van der Waals surface area contributed by atoms with Crippen LogP contribution in [-0.2, 0) is 0 Å². The van der Waals surface area contributed by atoms with Crippen molar-refractivity contribution >= 4 is 17.0 Å². The van der Waals surface area contributed by atoms with Gasteiger partial charge in [0.1, 0.15) is 11.5 Å². The van der Waals surface area contributed by atoms with E-state index in [1.165, 1.54) is 12.1 Å². The molecule has 0 amide bonds. The maximum absolute atomic E-state index is 13.4. The van der Waals surface area contributed by atoms with E-state index in [2.05, 4.69) is 21.8 Å². The first-order chi connectivity index (χ1) is 10.6. The van der Waals surface area contributed by atoms with Crippen LogP contribution in [-0.4, -0.2) is 9.97 Å². The first kappa shape index (κ1) is 14.2. The smallest absolute Gasteiger partial charge is 0.125 e. The average molecular weight is 309 g/mol. The van der Waals surface area contributed by atoms with Crippen LogP contribution in [0.25, 0.3) is 11.3 Å². The molecule has 2 N–H and O–H groups in total. The molecule has 108 valence electrons. The van der Waals surface area contributed by atoms with Gasteiger partial charge in [0, 0.05) is 28.4 Å². The van der Waals surface area contributed by atoms with Crippen LogP contribution in [0, 0.1) is 24.6 Å². The molecule has 2 aromatic heterocycles. The van der Waals surface area contributed by atoms with Gasteiger partial charge >= 0.3 is 0 Å².